The average Bonchev–Trinajstić information content (AvgIpc) is 2.04. The lowest BCUT2D eigenvalue weighted by molar-refractivity contribution is -0.147. The fraction of sp³-hybridized carbons (Fsp3) is 0.778. The Morgan fingerprint density at radius 3 is 2.31 bits per heavy atom. The van der Waals surface area contributed by atoms with Gasteiger partial charge >= 0.3 is 5.97 Å². The second kappa shape index (κ2) is 3.87. The highest BCUT2D eigenvalue weighted by molar-refractivity contribution is 5.86. The van der Waals surface area contributed by atoms with Crippen LogP contribution in [-0.4, -0.2) is 30.1 Å². The van der Waals surface area contributed by atoms with Gasteiger partial charge in [0.25, 0.3) is 0 Å². The summed E-state index contributed by atoms with van der Waals surface area (Å²) in [6, 6.07) is 0. The van der Waals surface area contributed by atoms with Gasteiger partial charge in [0.05, 0.1) is 6.42 Å². The van der Waals surface area contributed by atoms with Gasteiger partial charge in [-0.25, -0.2) is 0 Å². The summed E-state index contributed by atoms with van der Waals surface area (Å²) in [6.07, 6.45) is 1.01. The molecule has 0 saturated carbocycles. The lowest BCUT2D eigenvalue weighted by Crippen LogP contribution is -2.37. The molecule has 0 atom stereocenters. The molecule has 1 fully saturated rings. The molecule has 4 nitrogen and oxygen atoms in total. The van der Waals surface area contributed by atoms with Crippen LogP contribution in [0.2, 0.25) is 0 Å². The summed E-state index contributed by atoms with van der Waals surface area (Å²) in [5, 5.41) is 8.69. The zero-order valence-corrected chi connectivity index (χ0v) is 7.71. The van der Waals surface area contributed by atoms with Crippen molar-refractivity contribution in [1.82, 2.24) is 0 Å². The van der Waals surface area contributed by atoms with Gasteiger partial charge in [-0.3, -0.25) is 9.59 Å². The first-order valence-electron chi connectivity index (χ1n) is 4.37. The van der Waals surface area contributed by atoms with Crippen molar-refractivity contribution < 1.29 is 19.4 Å². The summed E-state index contributed by atoms with van der Waals surface area (Å²) < 4.78 is 5.11. The summed E-state index contributed by atoms with van der Waals surface area (Å²) in [5.74, 6) is -0.935. The van der Waals surface area contributed by atoms with Crippen molar-refractivity contribution >= 4 is 11.8 Å². The number of ketones is 1. The van der Waals surface area contributed by atoms with Crippen LogP contribution >= 0.6 is 0 Å². The lowest BCUT2D eigenvalue weighted by atomic mass is 9.74. The van der Waals surface area contributed by atoms with Crippen LogP contribution in [0.4, 0.5) is 0 Å². The number of carbonyl (C=O) groups is 2. The molecular weight excluding hydrogens is 172 g/mol. The Labute approximate surface area is 76.9 Å². The number of rotatable bonds is 3. The van der Waals surface area contributed by atoms with Gasteiger partial charge in [-0.15, -0.1) is 0 Å². The number of Topliss-reactive ketones (excluding diaryl/α,β-unsaturated/α-hetero) is 1. The number of carbonyl (C=O) groups excluding carboxylic acids is 1. The van der Waals surface area contributed by atoms with Crippen LogP contribution in [-0.2, 0) is 14.3 Å². The molecule has 0 amide bonds. The summed E-state index contributed by atoms with van der Waals surface area (Å²) in [6.45, 7) is 2.45. The van der Waals surface area contributed by atoms with Gasteiger partial charge in [0.1, 0.15) is 5.78 Å². The first kappa shape index (κ1) is 10.2. The number of ether oxygens (including phenoxy) is 1. The summed E-state index contributed by atoms with van der Waals surface area (Å²) in [5.41, 5.74) is -0.663. The van der Waals surface area contributed by atoms with E-state index < -0.39 is 11.4 Å². The van der Waals surface area contributed by atoms with Gasteiger partial charge in [-0.05, 0) is 19.8 Å². The van der Waals surface area contributed by atoms with Crippen molar-refractivity contribution in [1.29, 1.82) is 0 Å². The molecule has 4 heteroatoms. The van der Waals surface area contributed by atoms with E-state index in [1.165, 1.54) is 6.92 Å². The Morgan fingerprint density at radius 1 is 1.38 bits per heavy atom. The third-order valence-corrected chi connectivity index (χ3v) is 2.69. The molecule has 0 aromatic carbocycles. The maximum absolute atomic E-state index is 11.3. The maximum atomic E-state index is 11.3. The second-order valence-electron chi connectivity index (χ2n) is 3.52. The number of aliphatic carboxylic acids is 1. The molecule has 1 rings (SSSR count). The molecule has 0 radical (unpaired) electrons. The third-order valence-electron chi connectivity index (χ3n) is 2.69. The minimum absolute atomic E-state index is 0.0294. The van der Waals surface area contributed by atoms with Crippen molar-refractivity contribution in [3.8, 4) is 0 Å². The minimum Gasteiger partial charge on any atom is -0.481 e. The Balaban J connectivity index is 2.73. The smallest absolute Gasteiger partial charge is 0.304 e. The maximum Gasteiger partial charge on any atom is 0.304 e. The molecule has 74 valence electrons. The molecule has 1 N–H and O–H groups in total. The van der Waals surface area contributed by atoms with Crippen LogP contribution in [0, 0.1) is 5.41 Å². The predicted octanol–water partition coefficient (Wildman–Crippen LogP) is 0.847. The highest BCUT2D eigenvalue weighted by Gasteiger charge is 2.39. The van der Waals surface area contributed by atoms with Gasteiger partial charge in [-0.1, -0.05) is 0 Å². The summed E-state index contributed by atoms with van der Waals surface area (Å²) in [7, 11) is 0. The van der Waals surface area contributed by atoms with Crippen molar-refractivity contribution in [2.75, 3.05) is 13.2 Å². The van der Waals surface area contributed by atoms with E-state index in [1.807, 2.05) is 0 Å². The lowest BCUT2D eigenvalue weighted by Gasteiger charge is -2.33. The Hall–Kier alpha value is -0.900. The first-order valence-corrected chi connectivity index (χ1v) is 4.37. The van der Waals surface area contributed by atoms with E-state index in [0.717, 1.165) is 0 Å². The first-order chi connectivity index (χ1) is 6.07. The zero-order chi connectivity index (χ0) is 9.90. The Morgan fingerprint density at radius 2 is 1.92 bits per heavy atom. The quantitative estimate of drug-likeness (QED) is 0.709. The van der Waals surface area contributed by atoms with Crippen molar-refractivity contribution in [2.24, 2.45) is 5.41 Å². The van der Waals surface area contributed by atoms with Crippen LogP contribution in [0.25, 0.3) is 0 Å². The van der Waals surface area contributed by atoms with E-state index in [9.17, 15) is 9.59 Å². The van der Waals surface area contributed by atoms with E-state index in [1.54, 1.807) is 0 Å². The number of hydrogen-bond donors (Lipinski definition) is 1. The normalized spacial score (nSPS) is 21.0. The number of carboxylic acids is 1. The van der Waals surface area contributed by atoms with Gasteiger partial charge < -0.3 is 9.84 Å². The van der Waals surface area contributed by atoms with Crippen LogP contribution in [0.3, 0.4) is 0 Å². The van der Waals surface area contributed by atoms with Gasteiger partial charge in [-0.2, -0.15) is 0 Å². The van der Waals surface area contributed by atoms with Crippen molar-refractivity contribution in [3.63, 3.8) is 0 Å². The standard InChI is InChI=1S/C9H14O4/c1-7(10)9(6-8(11)12)2-4-13-5-3-9/h2-6H2,1H3,(H,11,12). The van der Waals surface area contributed by atoms with E-state index in [2.05, 4.69) is 0 Å². The summed E-state index contributed by atoms with van der Waals surface area (Å²) in [4.78, 5) is 21.9. The van der Waals surface area contributed by atoms with E-state index in [-0.39, 0.29) is 12.2 Å². The number of hydrogen-bond acceptors (Lipinski definition) is 3. The highest BCUT2D eigenvalue weighted by atomic mass is 16.5. The van der Waals surface area contributed by atoms with Gasteiger partial charge in [0.15, 0.2) is 0 Å². The molecule has 0 aromatic rings. The zero-order valence-electron chi connectivity index (χ0n) is 7.71. The van der Waals surface area contributed by atoms with Crippen molar-refractivity contribution in [2.45, 2.75) is 26.2 Å². The van der Waals surface area contributed by atoms with E-state index >= 15 is 0 Å². The van der Waals surface area contributed by atoms with Gasteiger partial charge in [0.2, 0.25) is 0 Å². The molecular formula is C9H14O4. The van der Waals surface area contributed by atoms with Crippen LogP contribution in [0.15, 0.2) is 0 Å². The fourth-order valence-electron chi connectivity index (χ4n) is 1.70. The minimum atomic E-state index is -0.905. The monoisotopic (exact) mass is 186 g/mol. The topological polar surface area (TPSA) is 63.6 Å². The fourth-order valence-corrected chi connectivity index (χ4v) is 1.70. The Kier molecular flexibility index (Phi) is 3.03. The predicted molar refractivity (Wildman–Crippen MR) is 45.4 cm³/mol. The molecule has 0 aliphatic carbocycles. The molecule has 0 bridgehead atoms. The highest BCUT2D eigenvalue weighted by Crippen LogP contribution is 2.34. The molecule has 1 aliphatic rings. The molecule has 0 spiro atoms. The Bertz CT molecular complexity index is 216. The SMILES string of the molecule is CC(=O)C1(CC(=O)O)CCOCC1. The molecule has 0 aromatic heterocycles. The third kappa shape index (κ3) is 2.28. The van der Waals surface area contributed by atoms with Gasteiger partial charge in [0, 0.05) is 18.6 Å². The van der Waals surface area contributed by atoms with Crippen molar-refractivity contribution in [3.05, 3.63) is 0 Å². The van der Waals surface area contributed by atoms with Crippen LogP contribution in [0.1, 0.15) is 26.2 Å². The van der Waals surface area contributed by atoms with Crippen LogP contribution < -0.4 is 0 Å². The molecule has 1 saturated heterocycles. The molecule has 13 heavy (non-hydrogen) atoms. The average molecular weight is 186 g/mol. The molecule has 1 heterocycles. The number of carboxylic acid groups (broad SMARTS) is 1. The van der Waals surface area contributed by atoms with E-state index in [0.29, 0.717) is 26.1 Å². The molecule has 0 unspecified atom stereocenters. The van der Waals surface area contributed by atoms with Crippen LogP contribution in [0.5, 0.6) is 0 Å². The summed E-state index contributed by atoms with van der Waals surface area (Å²) >= 11 is 0. The largest absolute Gasteiger partial charge is 0.481 e. The van der Waals surface area contributed by atoms with E-state index in [4.69, 9.17) is 9.84 Å². The molecule has 1 aliphatic heterocycles. The second-order valence-corrected chi connectivity index (χ2v) is 3.52.